The Labute approximate surface area is 178 Å². The van der Waals surface area contributed by atoms with Gasteiger partial charge in [-0.25, -0.2) is 9.07 Å². The van der Waals surface area contributed by atoms with Gasteiger partial charge in [0, 0.05) is 5.56 Å². The van der Waals surface area contributed by atoms with Gasteiger partial charge < -0.3 is 10.0 Å². The van der Waals surface area contributed by atoms with E-state index in [4.69, 9.17) is 0 Å². The summed E-state index contributed by atoms with van der Waals surface area (Å²) in [5.41, 5.74) is 1.18. The molecule has 0 saturated carbocycles. The quantitative estimate of drug-likeness (QED) is 0.544. The largest absolute Gasteiger partial charge is 0.372 e. The van der Waals surface area contributed by atoms with E-state index in [1.807, 2.05) is 36.4 Å². The van der Waals surface area contributed by atoms with Crippen LogP contribution < -0.4 is 4.90 Å². The molecule has 1 aliphatic heterocycles. The molecule has 3 aromatic carbocycles. The fraction of sp³-hybridized carbons (Fsp3) is 0.125. The van der Waals surface area contributed by atoms with Gasteiger partial charge in [-0.05, 0) is 29.3 Å². The van der Waals surface area contributed by atoms with Gasteiger partial charge >= 0.3 is 0 Å². The van der Waals surface area contributed by atoms with Crippen molar-refractivity contribution in [2.75, 3.05) is 4.90 Å². The molecule has 0 unspecified atom stereocenters. The molecule has 0 bridgehead atoms. The van der Waals surface area contributed by atoms with E-state index >= 15 is 0 Å². The number of anilines is 1. The summed E-state index contributed by atoms with van der Waals surface area (Å²) in [7, 11) is 0. The third-order valence-electron chi connectivity index (χ3n) is 5.49. The molecule has 6 nitrogen and oxygen atoms in total. The fourth-order valence-corrected chi connectivity index (χ4v) is 3.98. The van der Waals surface area contributed by atoms with Crippen molar-refractivity contribution in [3.8, 4) is 0 Å². The van der Waals surface area contributed by atoms with Gasteiger partial charge in [0.1, 0.15) is 11.5 Å². The number of carbonyl (C=O) groups is 1. The summed E-state index contributed by atoms with van der Waals surface area (Å²) >= 11 is 0. The van der Waals surface area contributed by atoms with Gasteiger partial charge in [-0.2, -0.15) is 0 Å². The lowest BCUT2D eigenvalue weighted by Gasteiger charge is -2.23. The Balaban J connectivity index is 1.45. The minimum Gasteiger partial charge on any atom is -0.372 e. The molecule has 2 heterocycles. The monoisotopic (exact) mass is 414 g/mol. The number of fused-ring (bicyclic) bond motifs is 1. The second-order valence-corrected chi connectivity index (χ2v) is 7.52. The number of benzene rings is 3. The van der Waals surface area contributed by atoms with Gasteiger partial charge in [-0.15, -0.1) is 5.10 Å². The maximum atomic E-state index is 13.4. The van der Waals surface area contributed by atoms with Gasteiger partial charge in [0.05, 0.1) is 25.0 Å². The Hall–Kier alpha value is -3.84. The van der Waals surface area contributed by atoms with E-state index in [0.29, 0.717) is 29.1 Å². The smallest absolute Gasteiger partial charge is 0.268 e. The summed E-state index contributed by atoms with van der Waals surface area (Å²) in [5.74, 6) is -0.934. The van der Waals surface area contributed by atoms with Crippen LogP contribution in [0.3, 0.4) is 0 Å². The molecule has 0 aliphatic carbocycles. The van der Waals surface area contributed by atoms with Crippen LogP contribution in [0.5, 0.6) is 0 Å². The molecule has 0 saturated heterocycles. The van der Waals surface area contributed by atoms with Crippen molar-refractivity contribution in [1.82, 2.24) is 15.0 Å². The molecule has 5 rings (SSSR count). The third-order valence-corrected chi connectivity index (χ3v) is 5.49. The van der Waals surface area contributed by atoms with Crippen LogP contribution in [0, 0.1) is 5.82 Å². The molecule has 1 aliphatic rings. The van der Waals surface area contributed by atoms with Crippen LogP contribution in [0.4, 0.5) is 10.1 Å². The molecular formula is C24H19FN4O2. The van der Waals surface area contributed by atoms with E-state index in [-0.39, 0.29) is 6.54 Å². The van der Waals surface area contributed by atoms with Gasteiger partial charge in [-0.1, -0.05) is 65.9 Å². The molecule has 4 aromatic rings. The number of rotatable bonds is 5. The summed E-state index contributed by atoms with van der Waals surface area (Å²) in [6.07, 6.45) is 1.79. The lowest BCUT2D eigenvalue weighted by atomic mass is 9.87. The third kappa shape index (κ3) is 3.29. The fourth-order valence-electron chi connectivity index (χ4n) is 3.98. The molecule has 7 heteroatoms. The van der Waals surface area contributed by atoms with Crippen molar-refractivity contribution in [1.29, 1.82) is 0 Å². The Kier molecular flexibility index (Phi) is 4.60. The Morgan fingerprint density at radius 1 is 0.903 bits per heavy atom. The number of aromatic nitrogens is 3. The van der Waals surface area contributed by atoms with Crippen molar-refractivity contribution in [2.45, 2.75) is 18.7 Å². The Bertz CT molecular complexity index is 1240. The second kappa shape index (κ2) is 7.45. The van der Waals surface area contributed by atoms with E-state index < -0.39 is 17.3 Å². The first-order valence-corrected chi connectivity index (χ1v) is 9.88. The number of amides is 1. The highest BCUT2D eigenvalue weighted by Crippen LogP contribution is 2.44. The summed E-state index contributed by atoms with van der Waals surface area (Å²) in [6, 6.07) is 22.3. The standard InChI is InChI=1S/C24H19FN4O2/c25-19-12-10-18(11-13-19)24(31)21-8-4-5-9-22(21)29(23(24)30)16-20-15-28(27-26-20)14-17-6-2-1-3-7-17/h1-13,15,31H,14,16H2/t24-/m1/s1. The highest BCUT2D eigenvalue weighted by Gasteiger charge is 2.51. The SMILES string of the molecule is O=C1N(Cc2cn(Cc3ccccc3)nn2)c2ccccc2[C@]1(O)c1ccc(F)cc1. The second-order valence-electron chi connectivity index (χ2n) is 7.52. The minimum absolute atomic E-state index is 0.161. The number of halogens is 1. The minimum atomic E-state index is -1.88. The number of aliphatic hydroxyl groups is 1. The van der Waals surface area contributed by atoms with Crippen molar-refractivity contribution in [3.05, 3.63) is 113 Å². The van der Waals surface area contributed by atoms with Crippen LogP contribution in [0.1, 0.15) is 22.4 Å². The number of para-hydroxylation sites is 1. The van der Waals surface area contributed by atoms with Gasteiger partial charge in [-0.3, -0.25) is 4.79 Å². The summed E-state index contributed by atoms with van der Waals surface area (Å²) in [6.45, 7) is 0.728. The normalized spacial score (nSPS) is 17.7. The predicted octanol–water partition coefficient (Wildman–Crippen LogP) is 3.25. The van der Waals surface area contributed by atoms with Crippen molar-refractivity contribution in [3.63, 3.8) is 0 Å². The molecule has 1 atom stereocenters. The van der Waals surface area contributed by atoms with Crippen LogP contribution in [0.25, 0.3) is 0 Å². The number of nitrogens with zero attached hydrogens (tertiary/aromatic N) is 4. The van der Waals surface area contributed by atoms with E-state index in [9.17, 15) is 14.3 Å². The first-order chi connectivity index (χ1) is 15.1. The zero-order valence-electron chi connectivity index (χ0n) is 16.5. The average molecular weight is 414 g/mol. The van der Waals surface area contributed by atoms with Gasteiger partial charge in [0.15, 0.2) is 5.60 Å². The highest BCUT2D eigenvalue weighted by molar-refractivity contribution is 6.08. The van der Waals surface area contributed by atoms with Crippen LogP contribution in [-0.2, 0) is 23.5 Å². The average Bonchev–Trinajstić information content (AvgIpc) is 3.32. The summed E-state index contributed by atoms with van der Waals surface area (Å²) in [4.78, 5) is 14.9. The van der Waals surface area contributed by atoms with Crippen molar-refractivity contribution >= 4 is 11.6 Å². The maximum Gasteiger partial charge on any atom is 0.268 e. The zero-order valence-corrected chi connectivity index (χ0v) is 16.5. The molecule has 0 radical (unpaired) electrons. The summed E-state index contributed by atoms with van der Waals surface area (Å²) in [5, 5.41) is 19.8. The predicted molar refractivity (Wildman–Crippen MR) is 113 cm³/mol. The number of hydrogen-bond donors (Lipinski definition) is 1. The molecule has 1 amide bonds. The van der Waals surface area contributed by atoms with Crippen LogP contribution >= 0.6 is 0 Å². The number of hydrogen-bond acceptors (Lipinski definition) is 4. The lowest BCUT2D eigenvalue weighted by molar-refractivity contribution is -0.132. The van der Waals surface area contributed by atoms with E-state index in [2.05, 4.69) is 10.3 Å². The first-order valence-electron chi connectivity index (χ1n) is 9.88. The molecule has 1 aromatic heterocycles. The van der Waals surface area contributed by atoms with Crippen LogP contribution in [0.2, 0.25) is 0 Å². The van der Waals surface area contributed by atoms with E-state index in [1.54, 1.807) is 29.1 Å². The Morgan fingerprint density at radius 3 is 2.39 bits per heavy atom. The van der Waals surface area contributed by atoms with Crippen LogP contribution in [0.15, 0.2) is 85.1 Å². The molecule has 154 valence electrons. The first kappa shape index (κ1) is 19.1. The van der Waals surface area contributed by atoms with E-state index in [1.165, 1.54) is 29.2 Å². The number of carbonyl (C=O) groups excluding carboxylic acids is 1. The molecule has 0 fully saturated rings. The van der Waals surface area contributed by atoms with Crippen molar-refractivity contribution in [2.24, 2.45) is 0 Å². The molecule has 0 spiro atoms. The summed E-state index contributed by atoms with van der Waals surface area (Å²) < 4.78 is 15.1. The van der Waals surface area contributed by atoms with Crippen molar-refractivity contribution < 1.29 is 14.3 Å². The Morgan fingerprint density at radius 2 is 1.61 bits per heavy atom. The molecular weight excluding hydrogens is 395 g/mol. The highest BCUT2D eigenvalue weighted by atomic mass is 19.1. The molecule has 31 heavy (non-hydrogen) atoms. The lowest BCUT2D eigenvalue weighted by Crippen LogP contribution is -2.41. The van der Waals surface area contributed by atoms with E-state index in [0.717, 1.165) is 5.56 Å². The van der Waals surface area contributed by atoms with Gasteiger partial charge in [0.25, 0.3) is 5.91 Å². The molecule has 1 N–H and O–H groups in total. The van der Waals surface area contributed by atoms with Gasteiger partial charge in [0.2, 0.25) is 0 Å². The zero-order chi connectivity index (χ0) is 21.4. The van der Waals surface area contributed by atoms with Crippen LogP contribution in [-0.4, -0.2) is 26.0 Å². The maximum absolute atomic E-state index is 13.4. The topological polar surface area (TPSA) is 71.2 Å².